The van der Waals surface area contributed by atoms with Crippen molar-refractivity contribution in [2.24, 2.45) is 16.6 Å². The molecule has 0 aromatic heterocycles. The van der Waals surface area contributed by atoms with Gasteiger partial charge in [-0.05, 0) is 49.7 Å². The highest BCUT2D eigenvalue weighted by atomic mass is 35.5. The molecule has 150 valence electrons. The Labute approximate surface area is 170 Å². The molecule has 0 amide bonds. The lowest BCUT2D eigenvalue weighted by Crippen LogP contribution is -2.26. The van der Waals surface area contributed by atoms with Gasteiger partial charge in [-0.3, -0.25) is 9.89 Å². The van der Waals surface area contributed by atoms with E-state index in [0.29, 0.717) is 19.1 Å². The van der Waals surface area contributed by atoms with Gasteiger partial charge in [-0.25, -0.2) is 4.39 Å². The zero-order chi connectivity index (χ0) is 20.1. The molecular weight excluding hydrogens is 379 g/mol. The summed E-state index contributed by atoms with van der Waals surface area (Å²) in [5.41, 5.74) is 8.93. The van der Waals surface area contributed by atoms with Crippen molar-refractivity contribution in [2.75, 3.05) is 32.6 Å². The number of benzene rings is 2. The van der Waals surface area contributed by atoms with Gasteiger partial charge in [0, 0.05) is 30.9 Å². The average molecular weight is 405 g/mol. The Kier molecular flexibility index (Phi) is 6.88. The van der Waals surface area contributed by atoms with E-state index in [2.05, 4.69) is 15.2 Å². The normalized spacial score (nSPS) is 20.5. The van der Waals surface area contributed by atoms with Gasteiger partial charge in [0.25, 0.3) is 0 Å². The molecule has 3 N–H and O–H groups in total. The van der Waals surface area contributed by atoms with Crippen LogP contribution in [0.1, 0.15) is 23.6 Å². The maximum atomic E-state index is 13.9. The third-order valence-electron chi connectivity index (χ3n) is 5.14. The van der Waals surface area contributed by atoms with Crippen molar-refractivity contribution in [3.8, 4) is 0 Å². The minimum atomic E-state index is -0.391. The predicted octanol–water partition coefficient (Wildman–Crippen LogP) is 4.05. The Morgan fingerprint density at radius 1 is 1.36 bits per heavy atom. The third kappa shape index (κ3) is 4.82. The van der Waals surface area contributed by atoms with Gasteiger partial charge in [-0.15, -0.1) is 0 Å². The second-order valence-corrected chi connectivity index (χ2v) is 7.50. The van der Waals surface area contributed by atoms with Crippen LogP contribution in [0.15, 0.2) is 47.5 Å². The number of halogens is 2. The van der Waals surface area contributed by atoms with Crippen LogP contribution in [-0.4, -0.2) is 38.1 Å². The molecular formula is C21H26ClFN4O. The van der Waals surface area contributed by atoms with Crippen LogP contribution in [0.2, 0.25) is 5.02 Å². The highest BCUT2D eigenvalue weighted by Gasteiger charge is 2.33. The smallest absolute Gasteiger partial charge is 0.193 e. The van der Waals surface area contributed by atoms with Gasteiger partial charge in [0.2, 0.25) is 0 Å². The van der Waals surface area contributed by atoms with E-state index in [1.165, 1.54) is 6.07 Å². The molecule has 1 heterocycles. The van der Waals surface area contributed by atoms with E-state index in [4.69, 9.17) is 22.1 Å². The standard InChI is InChI=1S/C21H26ClFN4O/c1-27-10-9-15(20(27)14-7-8-17(22)18(23)11-14)12-25-21(24)26-19-6-4-3-5-16(19)13-28-2/h3-8,11,15,20H,9-10,12-13H2,1-2H3,(H3,24,25,26). The fraction of sp³-hybridized carbons (Fsp3) is 0.381. The van der Waals surface area contributed by atoms with Gasteiger partial charge in [0.05, 0.1) is 11.6 Å². The number of methoxy groups -OCH3 is 1. The van der Waals surface area contributed by atoms with Crippen molar-refractivity contribution in [3.63, 3.8) is 0 Å². The van der Waals surface area contributed by atoms with E-state index in [9.17, 15) is 4.39 Å². The highest BCUT2D eigenvalue weighted by Crippen LogP contribution is 2.37. The molecule has 1 fully saturated rings. The van der Waals surface area contributed by atoms with E-state index < -0.39 is 5.82 Å². The fourth-order valence-corrected chi connectivity index (χ4v) is 3.87. The van der Waals surface area contributed by atoms with E-state index >= 15 is 0 Å². The minimum Gasteiger partial charge on any atom is -0.380 e. The lowest BCUT2D eigenvalue weighted by atomic mass is 9.94. The molecule has 0 bridgehead atoms. The molecule has 0 saturated carbocycles. The van der Waals surface area contributed by atoms with Crippen LogP contribution in [0.25, 0.3) is 0 Å². The number of nitrogens with one attached hydrogen (secondary N) is 1. The van der Waals surface area contributed by atoms with Crippen LogP contribution in [0, 0.1) is 11.7 Å². The lowest BCUT2D eigenvalue weighted by molar-refractivity contribution is 0.185. The second-order valence-electron chi connectivity index (χ2n) is 7.09. The Morgan fingerprint density at radius 3 is 2.89 bits per heavy atom. The summed E-state index contributed by atoms with van der Waals surface area (Å²) in [6.07, 6.45) is 0.975. The SMILES string of the molecule is COCc1ccccc1NC(N)=NCC1CCN(C)C1c1ccc(Cl)c(F)c1. The van der Waals surface area contributed by atoms with Gasteiger partial charge < -0.3 is 15.8 Å². The maximum Gasteiger partial charge on any atom is 0.193 e. The number of guanidine groups is 1. The minimum absolute atomic E-state index is 0.0871. The maximum absolute atomic E-state index is 13.9. The van der Waals surface area contributed by atoms with Gasteiger partial charge in [0.1, 0.15) is 5.82 Å². The number of nitrogens with two attached hydrogens (primary N) is 1. The molecule has 7 heteroatoms. The predicted molar refractivity (Wildman–Crippen MR) is 112 cm³/mol. The molecule has 3 rings (SSSR count). The van der Waals surface area contributed by atoms with Crippen molar-refractivity contribution in [1.29, 1.82) is 0 Å². The molecule has 0 spiro atoms. The van der Waals surface area contributed by atoms with Crippen LogP contribution >= 0.6 is 11.6 Å². The van der Waals surface area contributed by atoms with Crippen LogP contribution in [0.3, 0.4) is 0 Å². The highest BCUT2D eigenvalue weighted by molar-refractivity contribution is 6.30. The molecule has 0 aliphatic carbocycles. The molecule has 1 saturated heterocycles. The van der Waals surface area contributed by atoms with E-state index in [-0.39, 0.29) is 17.0 Å². The number of hydrogen-bond donors (Lipinski definition) is 2. The molecule has 5 nitrogen and oxygen atoms in total. The number of para-hydroxylation sites is 1. The van der Waals surface area contributed by atoms with Crippen LogP contribution in [-0.2, 0) is 11.3 Å². The van der Waals surface area contributed by atoms with Gasteiger partial charge in [0.15, 0.2) is 5.96 Å². The molecule has 0 radical (unpaired) electrons. The van der Waals surface area contributed by atoms with Crippen molar-refractivity contribution in [3.05, 3.63) is 64.4 Å². The van der Waals surface area contributed by atoms with Gasteiger partial charge in [-0.2, -0.15) is 0 Å². The summed E-state index contributed by atoms with van der Waals surface area (Å²) in [4.78, 5) is 6.77. The van der Waals surface area contributed by atoms with Crippen LogP contribution in [0.5, 0.6) is 0 Å². The summed E-state index contributed by atoms with van der Waals surface area (Å²) < 4.78 is 19.1. The first-order chi connectivity index (χ1) is 13.5. The summed E-state index contributed by atoms with van der Waals surface area (Å²) in [6, 6.07) is 12.9. The summed E-state index contributed by atoms with van der Waals surface area (Å²) in [7, 11) is 3.70. The zero-order valence-electron chi connectivity index (χ0n) is 16.2. The third-order valence-corrected chi connectivity index (χ3v) is 5.44. The van der Waals surface area contributed by atoms with E-state index in [0.717, 1.165) is 29.8 Å². The van der Waals surface area contributed by atoms with Crippen molar-refractivity contribution < 1.29 is 9.13 Å². The number of ether oxygens (including phenoxy) is 1. The van der Waals surface area contributed by atoms with Crippen molar-refractivity contribution >= 4 is 23.2 Å². The molecule has 2 aromatic carbocycles. The number of likely N-dealkylation sites (tertiary alicyclic amines) is 1. The Bertz CT molecular complexity index is 845. The summed E-state index contributed by atoms with van der Waals surface area (Å²) in [5, 5.41) is 3.30. The number of anilines is 1. The Hall–Kier alpha value is -2.15. The number of aliphatic imine (C=N–C) groups is 1. The molecule has 2 unspecified atom stereocenters. The first kappa shape index (κ1) is 20.6. The molecule has 2 aromatic rings. The first-order valence-corrected chi connectivity index (χ1v) is 9.66. The Balaban J connectivity index is 1.70. The van der Waals surface area contributed by atoms with Crippen LogP contribution in [0.4, 0.5) is 10.1 Å². The average Bonchev–Trinajstić information content (AvgIpc) is 3.05. The summed E-state index contributed by atoms with van der Waals surface area (Å²) >= 11 is 5.83. The quantitative estimate of drug-likeness (QED) is 0.563. The van der Waals surface area contributed by atoms with E-state index in [1.807, 2.05) is 37.4 Å². The summed E-state index contributed by atoms with van der Waals surface area (Å²) in [5.74, 6) is 0.219. The largest absolute Gasteiger partial charge is 0.380 e. The Morgan fingerprint density at radius 2 is 2.14 bits per heavy atom. The zero-order valence-corrected chi connectivity index (χ0v) is 16.9. The van der Waals surface area contributed by atoms with Gasteiger partial charge in [-0.1, -0.05) is 35.9 Å². The molecule has 28 heavy (non-hydrogen) atoms. The fourth-order valence-electron chi connectivity index (χ4n) is 3.76. The summed E-state index contributed by atoms with van der Waals surface area (Å²) in [6.45, 7) is 1.98. The number of hydrogen-bond acceptors (Lipinski definition) is 3. The van der Waals surface area contributed by atoms with E-state index in [1.54, 1.807) is 13.2 Å². The topological polar surface area (TPSA) is 62.9 Å². The monoisotopic (exact) mass is 404 g/mol. The molecule has 1 aliphatic rings. The molecule has 1 aliphatic heterocycles. The second kappa shape index (κ2) is 9.37. The van der Waals surface area contributed by atoms with Crippen molar-refractivity contribution in [2.45, 2.75) is 19.1 Å². The van der Waals surface area contributed by atoms with Crippen LogP contribution < -0.4 is 11.1 Å². The lowest BCUT2D eigenvalue weighted by Gasteiger charge is -2.25. The van der Waals surface area contributed by atoms with Gasteiger partial charge >= 0.3 is 0 Å². The first-order valence-electron chi connectivity index (χ1n) is 9.28. The van der Waals surface area contributed by atoms with Crippen molar-refractivity contribution in [1.82, 2.24) is 4.90 Å². The number of nitrogens with zero attached hydrogens (tertiary/aromatic N) is 2. The molecule has 2 atom stereocenters. The number of rotatable bonds is 6.